The zero-order valence-electron chi connectivity index (χ0n) is 5.98. The second-order valence-corrected chi connectivity index (χ2v) is 4.21. The van der Waals surface area contributed by atoms with E-state index >= 15 is 0 Å². The third-order valence-corrected chi connectivity index (χ3v) is 3.14. The summed E-state index contributed by atoms with van der Waals surface area (Å²) in [5.74, 6) is 0. The molecule has 0 heterocycles. The van der Waals surface area contributed by atoms with Gasteiger partial charge in [-0.1, -0.05) is 6.92 Å². The maximum atomic E-state index is 9.71. The van der Waals surface area contributed by atoms with Gasteiger partial charge in [0.2, 0.25) is 0 Å². The van der Waals surface area contributed by atoms with Crippen molar-refractivity contribution in [2.45, 2.75) is 44.6 Å². The molecular formula is C8H14O. The van der Waals surface area contributed by atoms with E-state index in [0.717, 1.165) is 19.3 Å². The zero-order chi connectivity index (χ0) is 6.54. The van der Waals surface area contributed by atoms with Gasteiger partial charge in [0.1, 0.15) is 0 Å². The quantitative estimate of drug-likeness (QED) is 0.523. The number of aliphatic hydroxyl groups is 1. The van der Waals surface area contributed by atoms with E-state index in [1.807, 2.05) is 0 Å². The van der Waals surface area contributed by atoms with Gasteiger partial charge in [-0.15, -0.1) is 0 Å². The van der Waals surface area contributed by atoms with E-state index in [-0.39, 0.29) is 5.60 Å². The van der Waals surface area contributed by atoms with Gasteiger partial charge in [-0.2, -0.15) is 0 Å². The van der Waals surface area contributed by atoms with Gasteiger partial charge in [0.15, 0.2) is 0 Å². The van der Waals surface area contributed by atoms with Gasteiger partial charge in [0.25, 0.3) is 0 Å². The Bertz CT molecular complexity index is 116. The highest BCUT2D eigenvalue weighted by Gasteiger charge is 2.50. The molecule has 2 aliphatic carbocycles. The van der Waals surface area contributed by atoms with Crippen molar-refractivity contribution in [2.24, 2.45) is 5.41 Å². The molecule has 0 radical (unpaired) electrons. The third kappa shape index (κ3) is 0.710. The van der Waals surface area contributed by atoms with Crippen molar-refractivity contribution in [2.75, 3.05) is 0 Å². The summed E-state index contributed by atoms with van der Waals surface area (Å²) in [6, 6.07) is 0. The van der Waals surface area contributed by atoms with Crippen LogP contribution in [-0.4, -0.2) is 10.7 Å². The van der Waals surface area contributed by atoms with Crippen LogP contribution in [0.2, 0.25) is 0 Å². The van der Waals surface area contributed by atoms with E-state index in [4.69, 9.17) is 0 Å². The van der Waals surface area contributed by atoms with Crippen molar-refractivity contribution in [3.05, 3.63) is 0 Å². The van der Waals surface area contributed by atoms with Gasteiger partial charge in [0, 0.05) is 0 Å². The standard InChI is InChI=1S/C8H14O/c1-7-2-4-8(9,6-7)5-3-7/h9H,2-6H2,1H3. The van der Waals surface area contributed by atoms with Gasteiger partial charge in [-0.05, 0) is 37.5 Å². The van der Waals surface area contributed by atoms with Crippen LogP contribution in [0.25, 0.3) is 0 Å². The minimum atomic E-state index is -0.227. The largest absolute Gasteiger partial charge is 0.390 e. The van der Waals surface area contributed by atoms with Crippen LogP contribution in [0, 0.1) is 5.41 Å². The molecule has 2 bridgehead atoms. The lowest BCUT2D eigenvalue weighted by molar-refractivity contribution is 0.0521. The molecule has 2 saturated carbocycles. The Morgan fingerprint density at radius 2 is 1.67 bits per heavy atom. The number of hydrogen-bond acceptors (Lipinski definition) is 1. The maximum absolute atomic E-state index is 9.71. The minimum absolute atomic E-state index is 0.227. The van der Waals surface area contributed by atoms with E-state index in [1.54, 1.807) is 0 Å². The Labute approximate surface area is 56.1 Å². The molecule has 0 amide bonds. The van der Waals surface area contributed by atoms with E-state index in [2.05, 4.69) is 6.92 Å². The van der Waals surface area contributed by atoms with Crippen molar-refractivity contribution in [1.29, 1.82) is 0 Å². The minimum Gasteiger partial charge on any atom is -0.390 e. The molecule has 2 fully saturated rings. The topological polar surface area (TPSA) is 20.2 Å². The molecule has 0 spiro atoms. The summed E-state index contributed by atoms with van der Waals surface area (Å²) in [7, 11) is 0. The fraction of sp³-hybridized carbons (Fsp3) is 1.00. The highest BCUT2D eigenvalue weighted by molar-refractivity contribution is 5.02. The predicted octanol–water partition coefficient (Wildman–Crippen LogP) is 1.70. The lowest BCUT2D eigenvalue weighted by Crippen LogP contribution is -2.20. The van der Waals surface area contributed by atoms with Crippen LogP contribution in [0.5, 0.6) is 0 Å². The lowest BCUT2D eigenvalue weighted by Gasteiger charge is -2.20. The Hall–Kier alpha value is -0.0400. The van der Waals surface area contributed by atoms with Crippen molar-refractivity contribution >= 4 is 0 Å². The first-order valence-corrected chi connectivity index (χ1v) is 3.84. The van der Waals surface area contributed by atoms with Crippen LogP contribution in [0.3, 0.4) is 0 Å². The van der Waals surface area contributed by atoms with Crippen LogP contribution in [-0.2, 0) is 0 Å². The van der Waals surface area contributed by atoms with Gasteiger partial charge < -0.3 is 5.11 Å². The van der Waals surface area contributed by atoms with Crippen molar-refractivity contribution < 1.29 is 5.11 Å². The predicted molar refractivity (Wildman–Crippen MR) is 36.1 cm³/mol. The molecule has 0 aliphatic heterocycles. The van der Waals surface area contributed by atoms with Gasteiger partial charge in [-0.25, -0.2) is 0 Å². The molecule has 0 unspecified atom stereocenters. The summed E-state index contributed by atoms with van der Waals surface area (Å²) in [4.78, 5) is 0. The average Bonchev–Trinajstić information content (AvgIpc) is 2.19. The van der Waals surface area contributed by atoms with Crippen molar-refractivity contribution in [3.63, 3.8) is 0 Å². The van der Waals surface area contributed by atoms with Crippen LogP contribution < -0.4 is 0 Å². The molecule has 9 heavy (non-hydrogen) atoms. The highest BCUT2D eigenvalue weighted by Crippen LogP contribution is 2.55. The number of fused-ring (bicyclic) bond motifs is 2. The van der Waals surface area contributed by atoms with Crippen LogP contribution in [0.4, 0.5) is 0 Å². The van der Waals surface area contributed by atoms with Crippen LogP contribution in [0.1, 0.15) is 39.0 Å². The molecular weight excluding hydrogens is 112 g/mol. The Morgan fingerprint density at radius 3 is 1.78 bits per heavy atom. The monoisotopic (exact) mass is 126 g/mol. The third-order valence-electron chi connectivity index (χ3n) is 3.14. The summed E-state index contributed by atoms with van der Waals surface area (Å²) in [6.07, 6.45) is 5.69. The molecule has 1 N–H and O–H groups in total. The Balaban J connectivity index is 2.25. The number of rotatable bonds is 0. The second kappa shape index (κ2) is 1.34. The second-order valence-electron chi connectivity index (χ2n) is 4.21. The molecule has 52 valence electrons. The molecule has 0 aromatic rings. The summed E-state index contributed by atoms with van der Waals surface area (Å²) in [6.45, 7) is 2.30. The molecule has 0 saturated heterocycles. The molecule has 0 aromatic carbocycles. The first kappa shape index (κ1) is 5.72. The molecule has 0 atom stereocenters. The molecule has 0 aromatic heterocycles. The highest BCUT2D eigenvalue weighted by atomic mass is 16.3. The summed E-state index contributed by atoms with van der Waals surface area (Å²) in [5.41, 5.74) is 0.295. The van der Waals surface area contributed by atoms with E-state index in [1.165, 1.54) is 12.8 Å². The smallest absolute Gasteiger partial charge is 0.0653 e. The lowest BCUT2D eigenvalue weighted by atomic mass is 9.87. The van der Waals surface area contributed by atoms with Crippen molar-refractivity contribution in [3.8, 4) is 0 Å². The average molecular weight is 126 g/mol. The summed E-state index contributed by atoms with van der Waals surface area (Å²) >= 11 is 0. The first-order chi connectivity index (χ1) is 4.12. The van der Waals surface area contributed by atoms with Gasteiger partial charge in [0.05, 0.1) is 5.60 Å². The SMILES string of the molecule is CC12CCC(O)(CC1)C2. The van der Waals surface area contributed by atoms with Gasteiger partial charge in [-0.3, -0.25) is 0 Å². The van der Waals surface area contributed by atoms with E-state index in [9.17, 15) is 5.11 Å². The molecule has 1 nitrogen and oxygen atoms in total. The van der Waals surface area contributed by atoms with Crippen LogP contribution in [0.15, 0.2) is 0 Å². The molecule has 2 aliphatic rings. The van der Waals surface area contributed by atoms with E-state index in [0.29, 0.717) is 5.41 Å². The fourth-order valence-corrected chi connectivity index (χ4v) is 2.47. The molecule has 1 heteroatoms. The molecule has 2 rings (SSSR count). The van der Waals surface area contributed by atoms with Gasteiger partial charge >= 0.3 is 0 Å². The normalized spacial score (nSPS) is 56.7. The fourth-order valence-electron chi connectivity index (χ4n) is 2.47. The maximum Gasteiger partial charge on any atom is 0.0653 e. The summed E-state index contributed by atoms with van der Waals surface area (Å²) < 4.78 is 0. The Morgan fingerprint density at radius 1 is 1.11 bits per heavy atom. The number of hydrogen-bond donors (Lipinski definition) is 1. The van der Waals surface area contributed by atoms with Crippen molar-refractivity contribution in [1.82, 2.24) is 0 Å². The van der Waals surface area contributed by atoms with E-state index < -0.39 is 0 Å². The Kier molecular flexibility index (Phi) is 0.852. The first-order valence-electron chi connectivity index (χ1n) is 3.84. The summed E-state index contributed by atoms with van der Waals surface area (Å²) in [5, 5.41) is 9.71. The van der Waals surface area contributed by atoms with Crippen LogP contribution >= 0.6 is 0 Å². The zero-order valence-corrected chi connectivity index (χ0v) is 5.98.